The van der Waals surface area contributed by atoms with Crippen LogP contribution in [-0.4, -0.2) is 42.5 Å². The van der Waals surface area contributed by atoms with Gasteiger partial charge in [0.1, 0.15) is 0 Å². The van der Waals surface area contributed by atoms with Gasteiger partial charge in [0.2, 0.25) is 5.84 Å². The molecule has 0 aliphatic heterocycles. The van der Waals surface area contributed by atoms with Crippen LogP contribution in [0.2, 0.25) is 0 Å². The Morgan fingerprint density at radius 3 is 1.19 bits per heavy atom. The number of hydrogen-bond donors (Lipinski definition) is 0. The van der Waals surface area contributed by atoms with Gasteiger partial charge in [0.05, 0.1) is 27.2 Å². The molecule has 0 aromatic rings. The third-order valence-corrected chi connectivity index (χ3v) is 5.42. The largest absolute Gasteiger partial charge is 1.00 e. The van der Waals surface area contributed by atoms with Crippen LogP contribution in [0.15, 0.2) is 0 Å². The van der Waals surface area contributed by atoms with E-state index in [4.69, 9.17) is 0 Å². The lowest BCUT2D eigenvalue weighted by Crippen LogP contribution is -3.00. The number of halogens is 1. The summed E-state index contributed by atoms with van der Waals surface area (Å²) in [6, 6.07) is 0. The van der Waals surface area contributed by atoms with Crippen molar-refractivity contribution in [2.45, 2.75) is 117 Å². The SMILES string of the molecule is CCCCCCCCCCC[N+](CCCCCCCC)=C(C)N(C)C.[Br-]. The molecule has 0 fully saturated rings. The molecule has 0 aliphatic carbocycles. The number of unbranched alkanes of at least 4 members (excludes halogenated alkanes) is 13. The van der Waals surface area contributed by atoms with Gasteiger partial charge in [-0.25, -0.2) is 0 Å². The van der Waals surface area contributed by atoms with E-state index >= 15 is 0 Å². The molecule has 3 heteroatoms. The molecule has 0 amide bonds. The number of amidine groups is 1. The predicted octanol–water partition coefficient (Wildman–Crippen LogP) is 3.87. The first-order chi connectivity index (χ1) is 12.1. The fraction of sp³-hybridized carbons (Fsp3) is 0.957. The molecule has 0 radical (unpaired) electrons. The second-order valence-electron chi connectivity index (χ2n) is 8.02. The maximum Gasteiger partial charge on any atom is 0.243 e. The zero-order valence-electron chi connectivity index (χ0n) is 18.8. The van der Waals surface area contributed by atoms with Crippen LogP contribution in [0.3, 0.4) is 0 Å². The lowest BCUT2D eigenvalue weighted by atomic mass is 10.1. The fourth-order valence-corrected chi connectivity index (χ4v) is 3.41. The fourth-order valence-electron chi connectivity index (χ4n) is 3.41. The summed E-state index contributed by atoms with van der Waals surface area (Å²) < 4.78 is 2.63. The van der Waals surface area contributed by atoms with E-state index in [1.807, 2.05) is 0 Å². The molecule has 0 unspecified atom stereocenters. The van der Waals surface area contributed by atoms with Crippen LogP contribution in [0.1, 0.15) is 117 Å². The summed E-state index contributed by atoms with van der Waals surface area (Å²) in [6.45, 7) is 9.36. The Morgan fingerprint density at radius 1 is 0.577 bits per heavy atom. The van der Waals surface area contributed by atoms with Gasteiger partial charge >= 0.3 is 0 Å². The summed E-state index contributed by atoms with van der Waals surface area (Å²) in [6.07, 6.45) is 21.1. The summed E-state index contributed by atoms with van der Waals surface area (Å²) in [5.74, 6) is 1.44. The van der Waals surface area contributed by atoms with E-state index < -0.39 is 0 Å². The standard InChI is InChI=1S/C23H49N2.BrH/c1-6-8-10-12-14-15-16-18-20-22-25(23(3)24(4)5)21-19-17-13-11-9-7-2;/h6-22H2,1-5H3;1H/q+1;/p-1. The molecule has 0 aromatic carbocycles. The maximum absolute atomic E-state index is 2.63. The summed E-state index contributed by atoms with van der Waals surface area (Å²) in [4.78, 5) is 2.28. The number of hydrogen-bond acceptors (Lipinski definition) is 0. The molecular weight excluding hydrogens is 384 g/mol. The van der Waals surface area contributed by atoms with Crippen LogP contribution < -0.4 is 17.0 Å². The van der Waals surface area contributed by atoms with Crippen molar-refractivity contribution in [2.75, 3.05) is 27.2 Å². The van der Waals surface area contributed by atoms with E-state index in [0.29, 0.717) is 0 Å². The Labute approximate surface area is 176 Å². The average Bonchev–Trinajstić information content (AvgIpc) is 2.60. The molecule has 0 heterocycles. The molecule has 2 nitrogen and oxygen atoms in total. The van der Waals surface area contributed by atoms with Crippen LogP contribution in [0.4, 0.5) is 0 Å². The topological polar surface area (TPSA) is 6.25 Å². The van der Waals surface area contributed by atoms with Gasteiger partial charge in [-0.2, -0.15) is 0 Å². The van der Waals surface area contributed by atoms with Gasteiger partial charge in [0.15, 0.2) is 0 Å². The first kappa shape index (κ1) is 28.2. The van der Waals surface area contributed by atoms with Crippen molar-refractivity contribution < 1.29 is 21.6 Å². The maximum atomic E-state index is 2.63. The summed E-state index contributed by atoms with van der Waals surface area (Å²) in [7, 11) is 4.36. The minimum Gasteiger partial charge on any atom is -1.00 e. The zero-order chi connectivity index (χ0) is 18.8. The quantitative estimate of drug-likeness (QED) is 0.146. The summed E-state index contributed by atoms with van der Waals surface area (Å²) in [5, 5.41) is 0. The van der Waals surface area contributed by atoms with Crippen molar-refractivity contribution in [3.8, 4) is 0 Å². The third kappa shape index (κ3) is 17.4. The van der Waals surface area contributed by atoms with Gasteiger partial charge < -0.3 is 17.0 Å². The van der Waals surface area contributed by atoms with Gasteiger partial charge in [0, 0.05) is 6.92 Å². The number of nitrogens with zero attached hydrogens (tertiary/aromatic N) is 2. The Balaban J connectivity index is 0. The van der Waals surface area contributed by atoms with Crippen LogP contribution in [0.5, 0.6) is 0 Å². The molecule has 0 atom stereocenters. The van der Waals surface area contributed by atoms with E-state index in [1.54, 1.807) is 0 Å². The molecule has 0 aromatic heterocycles. The highest BCUT2D eigenvalue weighted by Crippen LogP contribution is 2.10. The Kier molecular flexibility index (Phi) is 23.0. The molecule has 158 valence electrons. The van der Waals surface area contributed by atoms with Crippen molar-refractivity contribution in [1.82, 2.24) is 4.90 Å². The Morgan fingerprint density at radius 2 is 0.885 bits per heavy atom. The van der Waals surface area contributed by atoms with E-state index in [-0.39, 0.29) is 17.0 Å². The molecule has 0 rings (SSSR count). The molecule has 0 N–H and O–H groups in total. The van der Waals surface area contributed by atoms with Crippen molar-refractivity contribution in [3.05, 3.63) is 0 Å². The molecule has 0 bridgehead atoms. The first-order valence-corrected chi connectivity index (χ1v) is 11.4. The highest BCUT2D eigenvalue weighted by molar-refractivity contribution is 5.73. The van der Waals surface area contributed by atoms with Crippen molar-refractivity contribution in [2.24, 2.45) is 0 Å². The first-order valence-electron chi connectivity index (χ1n) is 11.4. The molecular formula is C23H49BrN2. The lowest BCUT2D eigenvalue weighted by Gasteiger charge is -2.14. The minimum atomic E-state index is 0. The van der Waals surface area contributed by atoms with Crippen LogP contribution in [0.25, 0.3) is 0 Å². The van der Waals surface area contributed by atoms with E-state index in [9.17, 15) is 0 Å². The smallest absolute Gasteiger partial charge is 0.243 e. The third-order valence-electron chi connectivity index (χ3n) is 5.42. The van der Waals surface area contributed by atoms with E-state index in [2.05, 4.69) is 44.3 Å². The summed E-state index contributed by atoms with van der Waals surface area (Å²) >= 11 is 0. The molecule has 26 heavy (non-hydrogen) atoms. The Hall–Kier alpha value is -0.0500. The van der Waals surface area contributed by atoms with Gasteiger partial charge in [-0.15, -0.1) is 0 Å². The average molecular weight is 434 g/mol. The van der Waals surface area contributed by atoms with Crippen molar-refractivity contribution in [1.29, 1.82) is 0 Å². The second kappa shape index (κ2) is 21.3. The Bertz CT molecular complexity index is 313. The normalized spacial score (nSPS) is 11.9. The summed E-state index contributed by atoms with van der Waals surface area (Å²) in [5.41, 5.74) is 0. The van der Waals surface area contributed by atoms with Crippen LogP contribution in [-0.2, 0) is 0 Å². The zero-order valence-corrected chi connectivity index (χ0v) is 20.4. The lowest BCUT2D eigenvalue weighted by molar-refractivity contribution is -0.534. The second-order valence-corrected chi connectivity index (χ2v) is 8.02. The highest BCUT2D eigenvalue weighted by Gasteiger charge is 2.10. The van der Waals surface area contributed by atoms with E-state index in [1.165, 1.54) is 115 Å². The van der Waals surface area contributed by atoms with Crippen LogP contribution in [0, 0.1) is 0 Å². The molecule has 0 aliphatic rings. The number of rotatable bonds is 17. The highest BCUT2D eigenvalue weighted by atomic mass is 79.9. The van der Waals surface area contributed by atoms with Gasteiger partial charge in [-0.3, -0.25) is 9.48 Å². The predicted molar refractivity (Wildman–Crippen MR) is 115 cm³/mol. The minimum absolute atomic E-state index is 0. The van der Waals surface area contributed by atoms with Crippen LogP contribution >= 0.6 is 0 Å². The van der Waals surface area contributed by atoms with Gasteiger partial charge in [-0.05, 0) is 25.7 Å². The molecule has 0 spiro atoms. The van der Waals surface area contributed by atoms with E-state index in [0.717, 1.165) is 0 Å². The van der Waals surface area contributed by atoms with Crippen molar-refractivity contribution in [3.63, 3.8) is 0 Å². The molecule has 0 saturated carbocycles. The molecule has 0 saturated heterocycles. The van der Waals surface area contributed by atoms with Crippen molar-refractivity contribution >= 4 is 5.84 Å². The van der Waals surface area contributed by atoms with Gasteiger partial charge in [0.25, 0.3) is 0 Å². The van der Waals surface area contributed by atoms with Gasteiger partial charge in [-0.1, -0.05) is 84.5 Å². The monoisotopic (exact) mass is 432 g/mol.